The SMILES string of the molecule is COc1ncc(-c2ccc3c(-c4ccc5c6c(ccnc46)CCO5)c(CC(=O)O)c(C)cc3c2)cn1. The molecule has 0 aliphatic carbocycles. The second kappa shape index (κ2) is 8.61. The quantitative estimate of drug-likeness (QED) is 0.363. The number of rotatable bonds is 5. The summed E-state index contributed by atoms with van der Waals surface area (Å²) in [7, 11) is 1.53. The Morgan fingerprint density at radius 2 is 1.89 bits per heavy atom. The first-order chi connectivity index (χ1) is 17.5. The molecule has 2 aromatic heterocycles. The Hall–Kier alpha value is -4.52. The van der Waals surface area contributed by atoms with E-state index in [9.17, 15) is 9.90 Å². The predicted molar refractivity (Wildman–Crippen MR) is 138 cm³/mol. The number of aryl methyl sites for hydroxylation is 1. The highest BCUT2D eigenvalue weighted by atomic mass is 16.5. The first kappa shape index (κ1) is 22.0. The van der Waals surface area contributed by atoms with Crippen molar-refractivity contribution < 1.29 is 19.4 Å². The minimum Gasteiger partial charge on any atom is -0.493 e. The van der Waals surface area contributed by atoms with Crippen molar-refractivity contribution in [1.29, 1.82) is 0 Å². The van der Waals surface area contributed by atoms with Crippen LogP contribution in [0.1, 0.15) is 16.7 Å². The number of nitrogens with zero attached hydrogens (tertiary/aromatic N) is 3. The van der Waals surface area contributed by atoms with Crippen LogP contribution in [0.5, 0.6) is 11.8 Å². The predicted octanol–water partition coefficient (Wildman–Crippen LogP) is 5.39. The van der Waals surface area contributed by atoms with Crippen LogP contribution < -0.4 is 9.47 Å². The van der Waals surface area contributed by atoms with E-state index in [-0.39, 0.29) is 6.42 Å². The van der Waals surface area contributed by atoms with Crippen LogP contribution in [0, 0.1) is 6.92 Å². The van der Waals surface area contributed by atoms with E-state index in [0.717, 1.165) is 67.2 Å². The Labute approximate surface area is 207 Å². The zero-order valence-electron chi connectivity index (χ0n) is 19.9. The molecule has 5 aromatic rings. The van der Waals surface area contributed by atoms with Gasteiger partial charge in [0.1, 0.15) is 5.75 Å². The fraction of sp³-hybridized carbons (Fsp3) is 0.172. The van der Waals surface area contributed by atoms with Crippen LogP contribution in [0.2, 0.25) is 0 Å². The van der Waals surface area contributed by atoms with Crippen molar-refractivity contribution in [1.82, 2.24) is 15.0 Å². The summed E-state index contributed by atoms with van der Waals surface area (Å²) >= 11 is 0. The molecule has 0 unspecified atom stereocenters. The minimum atomic E-state index is -0.871. The Balaban J connectivity index is 1.63. The van der Waals surface area contributed by atoms with Gasteiger partial charge in [-0.25, -0.2) is 9.97 Å². The summed E-state index contributed by atoms with van der Waals surface area (Å²) in [5, 5.41) is 12.7. The number of carboxylic acid groups (broad SMARTS) is 1. The Kier molecular flexibility index (Phi) is 5.25. The molecule has 7 nitrogen and oxygen atoms in total. The Bertz CT molecular complexity index is 1650. The molecule has 0 atom stereocenters. The first-order valence-corrected chi connectivity index (χ1v) is 11.7. The van der Waals surface area contributed by atoms with E-state index >= 15 is 0 Å². The highest BCUT2D eigenvalue weighted by molar-refractivity contribution is 6.09. The molecular weight excluding hydrogens is 454 g/mol. The molecule has 6 rings (SSSR count). The molecule has 1 aliphatic rings. The average molecular weight is 478 g/mol. The molecule has 0 fully saturated rings. The Morgan fingerprint density at radius 3 is 2.67 bits per heavy atom. The van der Waals surface area contributed by atoms with Crippen LogP contribution in [0.3, 0.4) is 0 Å². The van der Waals surface area contributed by atoms with E-state index in [2.05, 4.69) is 16.0 Å². The fourth-order valence-corrected chi connectivity index (χ4v) is 5.13. The van der Waals surface area contributed by atoms with Gasteiger partial charge in [0.15, 0.2) is 0 Å². The number of carboxylic acids is 1. The molecular formula is C29H23N3O4. The van der Waals surface area contributed by atoms with E-state index in [1.165, 1.54) is 12.7 Å². The van der Waals surface area contributed by atoms with Gasteiger partial charge in [-0.3, -0.25) is 9.78 Å². The molecule has 178 valence electrons. The largest absolute Gasteiger partial charge is 0.493 e. The van der Waals surface area contributed by atoms with Crippen LogP contribution >= 0.6 is 0 Å². The second-order valence-electron chi connectivity index (χ2n) is 8.92. The van der Waals surface area contributed by atoms with Crippen LogP contribution in [-0.2, 0) is 17.6 Å². The van der Waals surface area contributed by atoms with Gasteiger partial charge in [-0.05, 0) is 69.8 Å². The number of carbonyl (C=O) groups is 1. The molecule has 1 aliphatic heterocycles. The maximum absolute atomic E-state index is 11.9. The van der Waals surface area contributed by atoms with Crippen molar-refractivity contribution in [2.45, 2.75) is 19.8 Å². The lowest BCUT2D eigenvalue weighted by Gasteiger charge is -2.22. The summed E-state index contributed by atoms with van der Waals surface area (Å²) in [5.41, 5.74) is 7.36. The molecule has 0 radical (unpaired) electrons. The van der Waals surface area contributed by atoms with Gasteiger partial charge >= 0.3 is 12.0 Å². The number of benzene rings is 3. The molecule has 36 heavy (non-hydrogen) atoms. The van der Waals surface area contributed by atoms with Crippen molar-refractivity contribution >= 4 is 27.6 Å². The monoisotopic (exact) mass is 477 g/mol. The molecule has 0 amide bonds. The third-order valence-electron chi connectivity index (χ3n) is 6.78. The molecule has 0 saturated carbocycles. The summed E-state index contributed by atoms with van der Waals surface area (Å²) in [6.07, 6.45) is 6.03. The summed E-state index contributed by atoms with van der Waals surface area (Å²) in [6, 6.07) is 14.5. The van der Waals surface area contributed by atoms with Gasteiger partial charge in [-0.1, -0.05) is 18.2 Å². The van der Waals surface area contributed by atoms with Crippen molar-refractivity contribution in [3.05, 3.63) is 77.7 Å². The highest BCUT2D eigenvalue weighted by Gasteiger charge is 2.22. The number of pyridine rings is 1. The molecule has 1 N–H and O–H groups in total. The van der Waals surface area contributed by atoms with Crippen LogP contribution in [-0.4, -0.2) is 39.7 Å². The molecule has 0 spiro atoms. The topological polar surface area (TPSA) is 94.4 Å². The number of hydrogen-bond acceptors (Lipinski definition) is 6. The van der Waals surface area contributed by atoms with Crippen molar-refractivity contribution in [3.63, 3.8) is 0 Å². The lowest BCUT2D eigenvalue weighted by molar-refractivity contribution is -0.136. The molecule has 3 aromatic carbocycles. The summed E-state index contributed by atoms with van der Waals surface area (Å²) < 4.78 is 11.0. The zero-order chi connectivity index (χ0) is 24.8. The number of methoxy groups -OCH3 is 1. The van der Waals surface area contributed by atoms with Crippen LogP contribution in [0.25, 0.3) is 43.9 Å². The van der Waals surface area contributed by atoms with Gasteiger partial charge < -0.3 is 14.6 Å². The number of aromatic nitrogens is 3. The number of fused-ring (bicyclic) bond motifs is 1. The van der Waals surface area contributed by atoms with Gasteiger partial charge in [-0.15, -0.1) is 0 Å². The fourth-order valence-electron chi connectivity index (χ4n) is 5.13. The highest BCUT2D eigenvalue weighted by Crippen LogP contribution is 2.43. The van der Waals surface area contributed by atoms with Gasteiger partial charge in [0.05, 0.1) is 25.7 Å². The third-order valence-corrected chi connectivity index (χ3v) is 6.78. The van der Waals surface area contributed by atoms with Crippen LogP contribution in [0.15, 0.2) is 61.1 Å². The van der Waals surface area contributed by atoms with E-state index < -0.39 is 5.97 Å². The molecule has 3 heterocycles. The summed E-state index contributed by atoms with van der Waals surface area (Å²) in [4.78, 5) is 25.1. The molecule has 7 heteroatoms. The first-order valence-electron chi connectivity index (χ1n) is 11.7. The lowest BCUT2D eigenvalue weighted by Crippen LogP contribution is -2.10. The maximum Gasteiger partial charge on any atom is 0.316 e. The lowest BCUT2D eigenvalue weighted by atomic mass is 9.86. The third kappa shape index (κ3) is 3.60. The number of hydrogen-bond donors (Lipinski definition) is 1. The summed E-state index contributed by atoms with van der Waals surface area (Å²) in [5.74, 6) is -0.0497. The summed E-state index contributed by atoms with van der Waals surface area (Å²) in [6.45, 7) is 2.60. The van der Waals surface area contributed by atoms with Gasteiger partial charge in [0, 0.05) is 41.5 Å². The van der Waals surface area contributed by atoms with Crippen molar-refractivity contribution in [3.8, 4) is 34.0 Å². The van der Waals surface area contributed by atoms with E-state index in [0.29, 0.717) is 12.6 Å². The standard InChI is InChI=1S/C29H23N3O4/c1-16-11-19-12-18(20-14-31-29(35-2)32-15-20)3-4-21(19)27(23(16)13-25(33)34)22-5-6-24-26-17(8-10-36-24)7-9-30-28(22)26/h3-7,9,11-12,14-15H,8,10,13H2,1-2H3,(H,33,34). The van der Waals surface area contributed by atoms with E-state index in [1.807, 2.05) is 49.5 Å². The minimum absolute atomic E-state index is 0.0788. The zero-order valence-corrected chi connectivity index (χ0v) is 19.9. The van der Waals surface area contributed by atoms with Gasteiger partial charge in [-0.2, -0.15) is 0 Å². The average Bonchev–Trinajstić information content (AvgIpc) is 2.90. The molecule has 0 bridgehead atoms. The smallest absolute Gasteiger partial charge is 0.316 e. The van der Waals surface area contributed by atoms with E-state index in [1.54, 1.807) is 12.4 Å². The number of ether oxygens (including phenoxy) is 2. The maximum atomic E-state index is 11.9. The van der Waals surface area contributed by atoms with Crippen molar-refractivity contribution in [2.24, 2.45) is 0 Å². The Morgan fingerprint density at radius 1 is 1.06 bits per heavy atom. The van der Waals surface area contributed by atoms with Gasteiger partial charge in [0.2, 0.25) is 0 Å². The van der Waals surface area contributed by atoms with E-state index in [4.69, 9.17) is 14.5 Å². The van der Waals surface area contributed by atoms with Crippen LogP contribution in [0.4, 0.5) is 0 Å². The second-order valence-corrected chi connectivity index (χ2v) is 8.92. The number of aliphatic carboxylic acids is 1. The van der Waals surface area contributed by atoms with Crippen molar-refractivity contribution in [2.75, 3.05) is 13.7 Å². The normalized spacial score (nSPS) is 12.5. The molecule has 0 saturated heterocycles. The van der Waals surface area contributed by atoms with Gasteiger partial charge in [0.25, 0.3) is 0 Å².